The van der Waals surface area contributed by atoms with Crippen LogP contribution in [0.2, 0.25) is 0 Å². The number of nitro groups is 1. The number of nitrogens with zero attached hydrogens (tertiary/aromatic N) is 1. The Morgan fingerprint density at radius 2 is 2.00 bits per heavy atom. The normalized spacial score (nSPS) is 23.4. The molecule has 4 heteroatoms. The second-order valence-electron chi connectivity index (χ2n) is 5.38. The molecule has 0 radical (unpaired) electrons. The molecule has 0 bridgehead atoms. The second kappa shape index (κ2) is 4.59. The van der Waals surface area contributed by atoms with Gasteiger partial charge in [0.2, 0.25) is 0 Å². The van der Waals surface area contributed by atoms with E-state index in [9.17, 15) is 10.1 Å². The first-order valence-corrected chi connectivity index (χ1v) is 6.78. The van der Waals surface area contributed by atoms with Crippen LogP contribution < -0.4 is 5.32 Å². The van der Waals surface area contributed by atoms with E-state index >= 15 is 0 Å². The van der Waals surface area contributed by atoms with E-state index in [1.54, 1.807) is 6.07 Å². The third-order valence-corrected chi connectivity index (χ3v) is 4.39. The fourth-order valence-corrected chi connectivity index (χ4v) is 3.49. The summed E-state index contributed by atoms with van der Waals surface area (Å²) >= 11 is 0. The van der Waals surface area contributed by atoms with Crippen LogP contribution in [0.15, 0.2) is 18.2 Å². The van der Waals surface area contributed by atoms with Crippen LogP contribution in [0.5, 0.6) is 0 Å². The number of hydrogen-bond donors (Lipinski definition) is 1. The summed E-state index contributed by atoms with van der Waals surface area (Å²) in [5, 5.41) is 14.3. The van der Waals surface area contributed by atoms with E-state index in [1.807, 2.05) is 6.07 Å². The van der Waals surface area contributed by atoms with Crippen LogP contribution in [-0.4, -0.2) is 11.5 Å². The largest absolute Gasteiger partial charge is 0.379 e. The Balaban J connectivity index is 1.91. The molecule has 1 aliphatic carbocycles. The molecule has 0 saturated heterocycles. The Labute approximate surface area is 107 Å². The van der Waals surface area contributed by atoms with Gasteiger partial charge in [-0.3, -0.25) is 10.1 Å². The highest BCUT2D eigenvalue weighted by atomic mass is 16.6. The molecule has 4 nitrogen and oxygen atoms in total. The van der Waals surface area contributed by atoms with Gasteiger partial charge in [-0.1, -0.05) is 31.4 Å². The van der Waals surface area contributed by atoms with E-state index < -0.39 is 0 Å². The molecular weight excluding hydrogens is 228 g/mol. The molecule has 1 saturated carbocycles. The number of para-hydroxylation sites is 1. The first-order chi connectivity index (χ1) is 8.77. The average Bonchev–Trinajstić information content (AvgIpc) is 2.83. The van der Waals surface area contributed by atoms with E-state index in [0.29, 0.717) is 11.8 Å². The van der Waals surface area contributed by atoms with Crippen molar-refractivity contribution in [2.45, 2.75) is 38.0 Å². The van der Waals surface area contributed by atoms with Crippen LogP contribution in [0.4, 0.5) is 11.4 Å². The molecule has 1 aromatic carbocycles. The summed E-state index contributed by atoms with van der Waals surface area (Å²) in [6.07, 6.45) is 6.51. The SMILES string of the molecule is O=[N+]([O-])c1cccc2c1NCC2C1CCCCC1. The minimum absolute atomic E-state index is 0.228. The topological polar surface area (TPSA) is 55.2 Å². The molecule has 0 spiro atoms. The Morgan fingerprint density at radius 1 is 1.22 bits per heavy atom. The lowest BCUT2D eigenvalue weighted by Gasteiger charge is -2.27. The Morgan fingerprint density at radius 3 is 2.72 bits per heavy atom. The summed E-state index contributed by atoms with van der Waals surface area (Å²) in [7, 11) is 0. The molecule has 1 N–H and O–H groups in total. The minimum atomic E-state index is -0.283. The molecule has 0 aromatic heterocycles. The average molecular weight is 246 g/mol. The summed E-state index contributed by atoms with van der Waals surface area (Å²) in [5.41, 5.74) is 2.15. The molecule has 1 fully saturated rings. The van der Waals surface area contributed by atoms with Crippen molar-refractivity contribution in [3.63, 3.8) is 0 Å². The summed E-state index contributed by atoms with van der Waals surface area (Å²) in [4.78, 5) is 10.7. The second-order valence-corrected chi connectivity index (χ2v) is 5.38. The molecule has 0 amide bonds. The monoisotopic (exact) mass is 246 g/mol. The molecule has 18 heavy (non-hydrogen) atoms. The molecule has 1 atom stereocenters. The maximum absolute atomic E-state index is 11.0. The standard InChI is InChI=1S/C14H18N2O2/c17-16(18)13-8-4-7-11-12(9-15-14(11)13)10-5-2-1-3-6-10/h4,7-8,10,12,15H,1-3,5-6,9H2. The number of anilines is 1. The molecule has 1 unspecified atom stereocenters. The summed E-state index contributed by atoms with van der Waals surface area (Å²) in [6, 6.07) is 5.47. The lowest BCUT2D eigenvalue weighted by Crippen LogP contribution is -2.17. The molecular formula is C14H18N2O2. The predicted molar refractivity (Wildman–Crippen MR) is 70.9 cm³/mol. The van der Waals surface area contributed by atoms with Crippen molar-refractivity contribution in [1.29, 1.82) is 0 Å². The van der Waals surface area contributed by atoms with E-state index in [0.717, 1.165) is 17.8 Å². The molecule has 2 aliphatic rings. The van der Waals surface area contributed by atoms with Gasteiger partial charge in [0.15, 0.2) is 0 Å². The Hall–Kier alpha value is -1.58. The number of rotatable bonds is 2. The minimum Gasteiger partial charge on any atom is -0.379 e. The van der Waals surface area contributed by atoms with Gasteiger partial charge in [0.05, 0.1) is 4.92 Å². The van der Waals surface area contributed by atoms with E-state index in [4.69, 9.17) is 0 Å². The summed E-state index contributed by atoms with van der Waals surface area (Å²) < 4.78 is 0. The van der Waals surface area contributed by atoms with Crippen molar-refractivity contribution >= 4 is 11.4 Å². The third-order valence-electron chi connectivity index (χ3n) is 4.39. The summed E-state index contributed by atoms with van der Waals surface area (Å²) in [6.45, 7) is 0.866. The fourth-order valence-electron chi connectivity index (χ4n) is 3.49. The highest BCUT2D eigenvalue weighted by Gasteiger charge is 2.34. The lowest BCUT2D eigenvalue weighted by molar-refractivity contribution is -0.383. The van der Waals surface area contributed by atoms with Crippen LogP contribution in [0, 0.1) is 16.0 Å². The molecule has 1 heterocycles. The first-order valence-electron chi connectivity index (χ1n) is 6.78. The van der Waals surface area contributed by atoms with E-state index in [1.165, 1.54) is 32.1 Å². The van der Waals surface area contributed by atoms with Gasteiger partial charge < -0.3 is 5.32 Å². The van der Waals surface area contributed by atoms with Crippen molar-refractivity contribution < 1.29 is 4.92 Å². The highest BCUT2D eigenvalue weighted by molar-refractivity contribution is 5.70. The number of fused-ring (bicyclic) bond motifs is 1. The molecule has 3 rings (SSSR count). The van der Waals surface area contributed by atoms with Gasteiger partial charge in [-0.15, -0.1) is 0 Å². The van der Waals surface area contributed by atoms with Gasteiger partial charge >= 0.3 is 0 Å². The Bertz CT molecular complexity index is 467. The highest BCUT2D eigenvalue weighted by Crippen LogP contribution is 2.45. The lowest BCUT2D eigenvalue weighted by atomic mass is 9.78. The van der Waals surface area contributed by atoms with Crippen molar-refractivity contribution in [3.05, 3.63) is 33.9 Å². The van der Waals surface area contributed by atoms with Gasteiger partial charge in [-0.2, -0.15) is 0 Å². The zero-order chi connectivity index (χ0) is 12.5. The van der Waals surface area contributed by atoms with Crippen LogP contribution >= 0.6 is 0 Å². The number of nitrogens with one attached hydrogen (secondary N) is 1. The number of benzene rings is 1. The molecule has 1 aromatic rings. The van der Waals surface area contributed by atoms with Gasteiger partial charge in [0, 0.05) is 18.5 Å². The predicted octanol–water partition coefficient (Wildman–Crippen LogP) is 3.68. The van der Waals surface area contributed by atoms with Crippen molar-refractivity contribution in [3.8, 4) is 0 Å². The molecule has 96 valence electrons. The third kappa shape index (κ3) is 1.85. The maximum atomic E-state index is 11.0. The van der Waals surface area contributed by atoms with Gasteiger partial charge in [-0.25, -0.2) is 0 Å². The zero-order valence-electron chi connectivity index (χ0n) is 10.4. The van der Waals surface area contributed by atoms with Crippen LogP contribution in [0.3, 0.4) is 0 Å². The quantitative estimate of drug-likeness (QED) is 0.639. The fraction of sp³-hybridized carbons (Fsp3) is 0.571. The smallest absolute Gasteiger partial charge is 0.292 e. The Kier molecular flexibility index (Phi) is 2.94. The number of nitro benzene ring substituents is 1. The van der Waals surface area contributed by atoms with E-state index in [-0.39, 0.29) is 10.6 Å². The first kappa shape index (κ1) is 11.5. The van der Waals surface area contributed by atoms with Gasteiger partial charge in [-0.05, 0) is 24.3 Å². The molecule has 1 aliphatic heterocycles. The van der Waals surface area contributed by atoms with Crippen molar-refractivity contribution in [2.75, 3.05) is 11.9 Å². The summed E-state index contributed by atoms with van der Waals surface area (Å²) in [5.74, 6) is 1.18. The number of hydrogen-bond acceptors (Lipinski definition) is 3. The maximum Gasteiger partial charge on any atom is 0.292 e. The van der Waals surface area contributed by atoms with Crippen LogP contribution in [0.25, 0.3) is 0 Å². The van der Waals surface area contributed by atoms with Crippen molar-refractivity contribution in [1.82, 2.24) is 0 Å². The van der Waals surface area contributed by atoms with Crippen molar-refractivity contribution in [2.24, 2.45) is 5.92 Å². The van der Waals surface area contributed by atoms with Crippen LogP contribution in [-0.2, 0) is 0 Å². The zero-order valence-corrected chi connectivity index (χ0v) is 10.4. The van der Waals surface area contributed by atoms with Gasteiger partial charge in [0.1, 0.15) is 5.69 Å². The van der Waals surface area contributed by atoms with Gasteiger partial charge in [0.25, 0.3) is 5.69 Å². The van der Waals surface area contributed by atoms with E-state index in [2.05, 4.69) is 11.4 Å². The van der Waals surface area contributed by atoms with Crippen LogP contribution in [0.1, 0.15) is 43.6 Å².